The average molecular weight is 419 g/mol. The molecule has 0 heterocycles. The summed E-state index contributed by atoms with van der Waals surface area (Å²) in [5.74, 6) is 4.52. The second-order valence-electron chi connectivity index (χ2n) is 12.6. The molecule has 5 aliphatic carbocycles. The van der Waals surface area contributed by atoms with Crippen molar-refractivity contribution < 1.29 is 14.9 Å². The summed E-state index contributed by atoms with van der Waals surface area (Å²) in [5, 5.41) is 20.0. The second kappa shape index (κ2) is 7.45. The predicted molar refractivity (Wildman–Crippen MR) is 120 cm³/mol. The van der Waals surface area contributed by atoms with Crippen LogP contribution in [0.15, 0.2) is 0 Å². The molecule has 5 saturated carbocycles. The molecule has 0 aromatic carbocycles. The topological polar surface area (TPSA) is 49.7 Å². The number of rotatable bonds is 7. The molecule has 0 aromatic heterocycles. The van der Waals surface area contributed by atoms with Gasteiger partial charge in [0.15, 0.2) is 0 Å². The van der Waals surface area contributed by atoms with Crippen LogP contribution < -0.4 is 0 Å². The van der Waals surface area contributed by atoms with E-state index in [9.17, 15) is 5.11 Å². The minimum atomic E-state index is -0.212. The van der Waals surface area contributed by atoms with Crippen LogP contribution >= 0.6 is 0 Å². The highest BCUT2D eigenvalue weighted by Gasteiger charge is 2.77. The monoisotopic (exact) mass is 418 g/mol. The maximum Gasteiger partial charge on any atom is 0.0638 e. The Hall–Kier alpha value is -0.120. The number of aliphatic hydroxyl groups is 2. The van der Waals surface area contributed by atoms with Crippen molar-refractivity contribution in [3.63, 3.8) is 0 Å². The number of methoxy groups -OCH3 is 1. The molecule has 0 bridgehead atoms. The molecule has 2 N–H and O–H groups in total. The molecule has 3 heteroatoms. The Morgan fingerprint density at radius 1 is 1.03 bits per heavy atom. The van der Waals surface area contributed by atoms with E-state index in [1.807, 2.05) is 7.11 Å². The van der Waals surface area contributed by atoms with Crippen molar-refractivity contribution in [2.45, 2.75) is 104 Å². The molecule has 5 aliphatic rings. The van der Waals surface area contributed by atoms with Crippen LogP contribution in [-0.4, -0.2) is 36.1 Å². The summed E-state index contributed by atoms with van der Waals surface area (Å²) in [7, 11) is 1.98. The van der Waals surface area contributed by atoms with Gasteiger partial charge in [-0.2, -0.15) is 0 Å². The average Bonchev–Trinajstić information content (AvgIpc) is 3.24. The van der Waals surface area contributed by atoms with E-state index >= 15 is 0 Å². The van der Waals surface area contributed by atoms with E-state index in [4.69, 9.17) is 9.84 Å². The zero-order valence-corrected chi connectivity index (χ0v) is 19.9. The van der Waals surface area contributed by atoms with Gasteiger partial charge in [-0.3, -0.25) is 0 Å². The van der Waals surface area contributed by atoms with Gasteiger partial charge in [-0.15, -0.1) is 0 Å². The Labute approximate surface area is 184 Å². The maximum absolute atomic E-state index is 10.9. The SMILES string of the molecule is CO[C@@H]1C[C@H]2[C@@H]3CC[C@H]([C@H](C)[C@H](O)CCCCO)[C@@]3(C)CC[C@@H]2[C@@]2(C)CC[C@H]3C[C@]312. The number of ether oxygens (including phenoxy) is 1. The fourth-order valence-electron chi connectivity index (χ4n) is 10.5. The lowest BCUT2D eigenvalue weighted by molar-refractivity contribution is -0.162. The number of hydrogen-bond acceptors (Lipinski definition) is 3. The van der Waals surface area contributed by atoms with E-state index in [0.29, 0.717) is 34.2 Å². The van der Waals surface area contributed by atoms with Crippen LogP contribution in [0.1, 0.15) is 91.4 Å². The zero-order valence-electron chi connectivity index (χ0n) is 19.9. The molecule has 0 saturated heterocycles. The van der Waals surface area contributed by atoms with E-state index in [0.717, 1.165) is 42.9 Å². The molecular weight excluding hydrogens is 372 g/mol. The van der Waals surface area contributed by atoms with E-state index in [1.165, 1.54) is 51.4 Å². The van der Waals surface area contributed by atoms with Crippen molar-refractivity contribution in [2.24, 2.45) is 51.8 Å². The third kappa shape index (κ3) is 2.73. The quantitative estimate of drug-likeness (QED) is 0.542. The van der Waals surface area contributed by atoms with Gasteiger partial charge in [-0.05, 0) is 117 Å². The van der Waals surface area contributed by atoms with E-state index in [2.05, 4.69) is 20.8 Å². The van der Waals surface area contributed by atoms with Crippen LogP contribution in [0.4, 0.5) is 0 Å². The van der Waals surface area contributed by atoms with Crippen molar-refractivity contribution in [1.82, 2.24) is 0 Å². The number of unbranched alkanes of at least 4 members (excludes halogenated alkanes) is 1. The number of fused-ring (bicyclic) bond motifs is 4. The van der Waals surface area contributed by atoms with Crippen LogP contribution in [-0.2, 0) is 4.74 Å². The molecule has 0 amide bonds. The van der Waals surface area contributed by atoms with Gasteiger partial charge in [0.25, 0.3) is 0 Å². The first-order valence-electron chi connectivity index (χ1n) is 13.1. The molecule has 5 fully saturated rings. The van der Waals surface area contributed by atoms with Crippen molar-refractivity contribution in [2.75, 3.05) is 13.7 Å². The third-order valence-electron chi connectivity index (χ3n) is 12.1. The van der Waals surface area contributed by atoms with Crippen LogP contribution in [0.5, 0.6) is 0 Å². The summed E-state index contributed by atoms with van der Waals surface area (Å²) < 4.78 is 6.25. The Balaban J connectivity index is 1.36. The van der Waals surface area contributed by atoms with E-state index in [1.54, 1.807) is 0 Å². The van der Waals surface area contributed by atoms with E-state index < -0.39 is 0 Å². The Kier molecular flexibility index (Phi) is 5.39. The molecule has 3 nitrogen and oxygen atoms in total. The minimum Gasteiger partial charge on any atom is -0.396 e. The van der Waals surface area contributed by atoms with Gasteiger partial charge < -0.3 is 14.9 Å². The largest absolute Gasteiger partial charge is 0.396 e. The van der Waals surface area contributed by atoms with Gasteiger partial charge in [0, 0.05) is 19.1 Å². The molecule has 0 unspecified atom stereocenters. The molecule has 30 heavy (non-hydrogen) atoms. The minimum absolute atomic E-state index is 0.212. The lowest BCUT2D eigenvalue weighted by atomic mass is 9.45. The summed E-state index contributed by atoms with van der Waals surface area (Å²) in [6.45, 7) is 7.81. The predicted octanol–water partition coefficient (Wildman–Crippen LogP) is 5.43. The highest BCUT2D eigenvalue weighted by Crippen LogP contribution is 2.82. The first-order chi connectivity index (χ1) is 14.3. The van der Waals surface area contributed by atoms with Crippen LogP contribution in [0, 0.1) is 51.8 Å². The van der Waals surface area contributed by atoms with Gasteiger partial charge in [0.2, 0.25) is 0 Å². The smallest absolute Gasteiger partial charge is 0.0638 e. The van der Waals surface area contributed by atoms with Crippen LogP contribution in [0.2, 0.25) is 0 Å². The van der Waals surface area contributed by atoms with Crippen molar-refractivity contribution in [3.8, 4) is 0 Å². The van der Waals surface area contributed by atoms with Gasteiger partial charge in [0.1, 0.15) is 0 Å². The molecule has 0 aromatic rings. The zero-order chi connectivity index (χ0) is 21.3. The first kappa shape index (κ1) is 21.7. The van der Waals surface area contributed by atoms with Gasteiger partial charge in [0.05, 0.1) is 12.2 Å². The molecule has 172 valence electrons. The molecule has 5 rings (SSSR count). The third-order valence-corrected chi connectivity index (χ3v) is 12.1. The highest BCUT2D eigenvalue weighted by molar-refractivity contribution is 5.26. The van der Waals surface area contributed by atoms with Crippen LogP contribution in [0.3, 0.4) is 0 Å². The number of aliphatic hydroxyl groups excluding tert-OH is 2. The fourth-order valence-corrected chi connectivity index (χ4v) is 10.5. The molecule has 0 radical (unpaired) electrons. The van der Waals surface area contributed by atoms with E-state index in [-0.39, 0.29) is 12.7 Å². The Morgan fingerprint density at radius 3 is 2.53 bits per heavy atom. The van der Waals surface area contributed by atoms with Crippen molar-refractivity contribution in [3.05, 3.63) is 0 Å². The molecular formula is C27H46O3. The highest BCUT2D eigenvalue weighted by atomic mass is 16.5. The summed E-state index contributed by atoms with van der Waals surface area (Å²) >= 11 is 0. The Bertz CT molecular complexity index is 650. The summed E-state index contributed by atoms with van der Waals surface area (Å²) in [6, 6.07) is 0. The number of hydrogen-bond donors (Lipinski definition) is 2. The Morgan fingerprint density at radius 2 is 1.83 bits per heavy atom. The fraction of sp³-hybridized carbons (Fsp3) is 1.00. The second-order valence-corrected chi connectivity index (χ2v) is 12.6. The van der Waals surface area contributed by atoms with Crippen LogP contribution in [0.25, 0.3) is 0 Å². The standard InChI is InChI=1S/C27H46O3/c1-17(23(29)7-5-6-14-28)20-8-9-21-19-15-24(30-4)27-16-18(27)10-13-26(27,3)22(19)11-12-25(20,21)2/h17-24,28-29H,5-16H2,1-4H3/t17-,18-,19-,20+,21-,22-,23+,24+,25+,26+,27-/m0/s1. The summed E-state index contributed by atoms with van der Waals surface area (Å²) in [4.78, 5) is 0. The lowest BCUT2D eigenvalue weighted by Gasteiger charge is -2.61. The normalized spacial score (nSPS) is 53.4. The van der Waals surface area contributed by atoms with Gasteiger partial charge in [-0.1, -0.05) is 20.8 Å². The lowest BCUT2D eigenvalue weighted by Crippen LogP contribution is -2.57. The molecule has 0 aliphatic heterocycles. The van der Waals surface area contributed by atoms with Gasteiger partial charge >= 0.3 is 0 Å². The van der Waals surface area contributed by atoms with Crippen molar-refractivity contribution >= 4 is 0 Å². The summed E-state index contributed by atoms with van der Waals surface area (Å²) in [6.07, 6.45) is 13.9. The summed E-state index contributed by atoms with van der Waals surface area (Å²) in [5.41, 5.74) is 1.42. The van der Waals surface area contributed by atoms with Gasteiger partial charge in [-0.25, -0.2) is 0 Å². The maximum atomic E-state index is 10.9. The molecule has 1 spiro atoms. The van der Waals surface area contributed by atoms with Crippen molar-refractivity contribution in [1.29, 1.82) is 0 Å². The molecule has 11 atom stereocenters. The first-order valence-corrected chi connectivity index (χ1v) is 13.1.